The van der Waals surface area contributed by atoms with Crippen LogP contribution in [-0.2, 0) is 0 Å². The Morgan fingerprint density at radius 3 is 3.05 bits per heavy atom. The van der Waals surface area contributed by atoms with Crippen LogP contribution in [0.25, 0.3) is 0 Å². The summed E-state index contributed by atoms with van der Waals surface area (Å²) in [5, 5.41) is 3.57. The second-order valence-corrected chi connectivity index (χ2v) is 5.35. The highest BCUT2D eigenvalue weighted by molar-refractivity contribution is 6.01. The van der Waals surface area contributed by atoms with Gasteiger partial charge in [0, 0.05) is 23.6 Å². The minimum Gasteiger partial charge on any atom is -0.377 e. The second kappa shape index (κ2) is 5.12. The second-order valence-electron chi connectivity index (χ2n) is 5.35. The summed E-state index contributed by atoms with van der Waals surface area (Å²) in [4.78, 5) is 12.1. The van der Waals surface area contributed by atoms with Crippen molar-refractivity contribution in [1.29, 1.82) is 0 Å². The van der Waals surface area contributed by atoms with E-state index in [0.29, 0.717) is 12.3 Å². The minimum absolute atomic E-state index is 0.230. The highest BCUT2D eigenvalue weighted by atomic mass is 16.1. The molecule has 1 aliphatic heterocycles. The molecule has 0 amide bonds. The zero-order chi connectivity index (χ0) is 14.1. The van der Waals surface area contributed by atoms with Gasteiger partial charge in [-0.3, -0.25) is 4.79 Å². The van der Waals surface area contributed by atoms with Gasteiger partial charge in [0.25, 0.3) is 0 Å². The predicted molar refractivity (Wildman–Crippen MR) is 83.3 cm³/mol. The van der Waals surface area contributed by atoms with Crippen LogP contribution in [0.4, 0.5) is 5.69 Å². The fourth-order valence-corrected chi connectivity index (χ4v) is 3.32. The van der Waals surface area contributed by atoms with E-state index in [9.17, 15) is 4.79 Å². The van der Waals surface area contributed by atoms with Gasteiger partial charge in [0.15, 0.2) is 5.78 Å². The van der Waals surface area contributed by atoms with Crippen molar-refractivity contribution in [3.8, 4) is 0 Å². The summed E-state index contributed by atoms with van der Waals surface area (Å²) in [6.07, 6.45) is 9.64. The van der Waals surface area contributed by atoms with Gasteiger partial charge < -0.3 is 5.32 Å². The Labute approximate surface area is 119 Å². The maximum atomic E-state index is 12.1. The van der Waals surface area contributed by atoms with E-state index >= 15 is 0 Å². The number of benzene rings is 1. The molecule has 0 saturated carbocycles. The van der Waals surface area contributed by atoms with Crippen LogP contribution < -0.4 is 5.32 Å². The SMILES string of the molecule is C=C/C(=C\C=C/C)C1Nc2cccc3c2C1CCC3=O. The number of nitrogens with one attached hydrogen (secondary N) is 1. The van der Waals surface area contributed by atoms with Crippen LogP contribution in [0.5, 0.6) is 0 Å². The van der Waals surface area contributed by atoms with Gasteiger partial charge in [0.05, 0.1) is 6.04 Å². The lowest BCUT2D eigenvalue weighted by molar-refractivity contribution is 0.0967. The number of allylic oxidation sites excluding steroid dienone is 3. The number of anilines is 1. The fourth-order valence-electron chi connectivity index (χ4n) is 3.32. The van der Waals surface area contributed by atoms with Crippen molar-refractivity contribution in [3.63, 3.8) is 0 Å². The van der Waals surface area contributed by atoms with Crippen LogP contribution in [0, 0.1) is 0 Å². The molecule has 0 spiro atoms. The zero-order valence-corrected chi connectivity index (χ0v) is 11.7. The standard InChI is InChI=1S/C18H19NO/c1-3-5-7-12(4-2)18-14-10-11-16(20)13-8-6-9-15(19-18)17(13)14/h3-9,14,18-19H,2,10-11H2,1H3/b5-3-,12-7+. The Balaban J connectivity index is 2.04. The third-order valence-corrected chi connectivity index (χ3v) is 4.25. The average molecular weight is 265 g/mol. The van der Waals surface area contributed by atoms with Crippen molar-refractivity contribution in [2.45, 2.75) is 31.7 Å². The van der Waals surface area contributed by atoms with E-state index in [1.54, 1.807) is 0 Å². The third kappa shape index (κ3) is 1.92. The van der Waals surface area contributed by atoms with Crippen LogP contribution in [0.3, 0.4) is 0 Å². The zero-order valence-electron chi connectivity index (χ0n) is 11.7. The van der Waals surface area contributed by atoms with Crippen molar-refractivity contribution in [3.05, 3.63) is 65.8 Å². The number of Topliss-reactive ketones (excluding diaryl/α,β-unsaturated/α-hetero) is 1. The third-order valence-electron chi connectivity index (χ3n) is 4.25. The lowest BCUT2D eigenvalue weighted by Gasteiger charge is -2.25. The average Bonchev–Trinajstić information content (AvgIpc) is 2.84. The van der Waals surface area contributed by atoms with Crippen molar-refractivity contribution in [1.82, 2.24) is 0 Å². The molecule has 1 aromatic rings. The Bertz CT molecular complexity index is 624. The van der Waals surface area contributed by atoms with E-state index in [0.717, 1.165) is 17.7 Å². The minimum atomic E-state index is 0.230. The van der Waals surface area contributed by atoms with Crippen LogP contribution in [-0.4, -0.2) is 11.8 Å². The molecule has 102 valence electrons. The van der Waals surface area contributed by atoms with Crippen molar-refractivity contribution in [2.75, 3.05) is 5.32 Å². The number of rotatable bonds is 3. The van der Waals surface area contributed by atoms with Crippen molar-refractivity contribution < 1.29 is 4.79 Å². The van der Waals surface area contributed by atoms with Crippen LogP contribution >= 0.6 is 0 Å². The highest BCUT2D eigenvalue weighted by Crippen LogP contribution is 2.46. The Morgan fingerprint density at radius 1 is 1.45 bits per heavy atom. The molecule has 2 heteroatoms. The molecule has 1 aromatic carbocycles. The number of ketones is 1. The molecule has 2 atom stereocenters. The summed E-state index contributed by atoms with van der Waals surface area (Å²) >= 11 is 0. The molecule has 0 fully saturated rings. The van der Waals surface area contributed by atoms with Crippen molar-refractivity contribution >= 4 is 11.5 Å². The van der Waals surface area contributed by atoms with E-state index in [-0.39, 0.29) is 11.8 Å². The van der Waals surface area contributed by atoms with Crippen LogP contribution in [0.2, 0.25) is 0 Å². The first kappa shape index (κ1) is 12.9. The van der Waals surface area contributed by atoms with Crippen LogP contribution in [0.1, 0.15) is 41.6 Å². The quantitative estimate of drug-likeness (QED) is 0.829. The van der Waals surface area contributed by atoms with E-state index in [2.05, 4.69) is 24.0 Å². The number of hydrogen-bond acceptors (Lipinski definition) is 2. The van der Waals surface area contributed by atoms with Gasteiger partial charge in [0.2, 0.25) is 0 Å². The summed E-state index contributed by atoms with van der Waals surface area (Å²) in [6, 6.07) is 6.22. The molecule has 1 aliphatic carbocycles. The Kier molecular flexibility index (Phi) is 3.31. The molecule has 1 heterocycles. The highest BCUT2D eigenvalue weighted by Gasteiger charge is 2.39. The monoisotopic (exact) mass is 265 g/mol. The van der Waals surface area contributed by atoms with E-state index in [1.165, 1.54) is 11.1 Å². The number of carbonyl (C=O) groups is 1. The molecule has 0 radical (unpaired) electrons. The molecule has 0 aromatic heterocycles. The van der Waals surface area contributed by atoms with Crippen molar-refractivity contribution in [2.24, 2.45) is 0 Å². The molecule has 2 nitrogen and oxygen atoms in total. The van der Waals surface area contributed by atoms with Gasteiger partial charge in [-0.25, -0.2) is 0 Å². The molecule has 2 aliphatic rings. The first-order valence-corrected chi connectivity index (χ1v) is 7.14. The summed E-state index contributed by atoms with van der Waals surface area (Å²) < 4.78 is 0. The first-order chi connectivity index (χ1) is 9.76. The van der Waals surface area contributed by atoms with Gasteiger partial charge in [-0.2, -0.15) is 0 Å². The molecule has 20 heavy (non-hydrogen) atoms. The number of carbonyl (C=O) groups excluding carboxylic acids is 1. The maximum Gasteiger partial charge on any atom is 0.163 e. The lowest BCUT2D eigenvalue weighted by Crippen LogP contribution is -2.25. The largest absolute Gasteiger partial charge is 0.377 e. The predicted octanol–water partition coefficient (Wildman–Crippen LogP) is 4.23. The molecular formula is C18H19NO. The van der Waals surface area contributed by atoms with E-state index < -0.39 is 0 Å². The van der Waals surface area contributed by atoms with Gasteiger partial charge in [-0.1, -0.05) is 43.0 Å². The Hall–Kier alpha value is -2.09. The fraction of sp³-hybridized carbons (Fsp3) is 0.278. The van der Waals surface area contributed by atoms with Gasteiger partial charge >= 0.3 is 0 Å². The molecule has 3 rings (SSSR count). The summed E-state index contributed by atoms with van der Waals surface area (Å²) in [6.45, 7) is 5.94. The summed E-state index contributed by atoms with van der Waals surface area (Å²) in [5.74, 6) is 0.659. The van der Waals surface area contributed by atoms with Crippen LogP contribution in [0.15, 0.2) is 54.7 Å². The summed E-state index contributed by atoms with van der Waals surface area (Å²) in [7, 11) is 0. The molecule has 2 unspecified atom stereocenters. The maximum absolute atomic E-state index is 12.1. The molecular weight excluding hydrogens is 246 g/mol. The van der Waals surface area contributed by atoms with E-state index in [1.807, 2.05) is 37.3 Å². The van der Waals surface area contributed by atoms with Gasteiger partial charge in [0.1, 0.15) is 0 Å². The Morgan fingerprint density at radius 2 is 2.30 bits per heavy atom. The van der Waals surface area contributed by atoms with E-state index in [4.69, 9.17) is 0 Å². The number of hydrogen-bond donors (Lipinski definition) is 1. The summed E-state index contributed by atoms with van der Waals surface area (Å²) in [5.41, 5.74) is 4.41. The van der Waals surface area contributed by atoms with Gasteiger partial charge in [-0.15, -0.1) is 0 Å². The molecule has 0 saturated heterocycles. The van der Waals surface area contributed by atoms with Gasteiger partial charge in [-0.05, 0) is 30.5 Å². The molecule has 1 N–H and O–H groups in total. The normalized spacial score (nSPS) is 24.6. The lowest BCUT2D eigenvalue weighted by atomic mass is 9.78. The topological polar surface area (TPSA) is 29.1 Å². The molecule has 0 bridgehead atoms. The first-order valence-electron chi connectivity index (χ1n) is 7.14. The smallest absolute Gasteiger partial charge is 0.163 e.